The summed E-state index contributed by atoms with van der Waals surface area (Å²) >= 11 is 0. The molecule has 0 spiro atoms. The van der Waals surface area contributed by atoms with Gasteiger partial charge in [-0.3, -0.25) is 0 Å². The third-order valence-corrected chi connectivity index (χ3v) is 4.13. The Hall–Kier alpha value is -2.98. The molecule has 24 heavy (non-hydrogen) atoms. The van der Waals surface area contributed by atoms with Gasteiger partial charge in [0.05, 0.1) is 19.3 Å². The second-order valence-electron chi connectivity index (χ2n) is 5.84. The molecule has 4 nitrogen and oxygen atoms in total. The molecule has 0 bridgehead atoms. The van der Waals surface area contributed by atoms with Crippen molar-refractivity contribution in [1.29, 1.82) is 0 Å². The minimum atomic E-state index is 0.0652. The van der Waals surface area contributed by atoms with Crippen LogP contribution in [0.4, 0.5) is 0 Å². The first kappa shape index (κ1) is 14.6. The van der Waals surface area contributed by atoms with E-state index in [1.54, 1.807) is 0 Å². The zero-order valence-corrected chi connectivity index (χ0v) is 13.1. The minimum Gasteiger partial charge on any atom is -0.392 e. The van der Waals surface area contributed by atoms with Crippen molar-refractivity contribution in [1.82, 2.24) is 15.0 Å². The van der Waals surface area contributed by atoms with Gasteiger partial charge in [-0.1, -0.05) is 65.9 Å². The van der Waals surface area contributed by atoms with Gasteiger partial charge in [-0.15, -0.1) is 5.10 Å². The summed E-state index contributed by atoms with van der Waals surface area (Å²) in [5, 5.41) is 20.0. The van der Waals surface area contributed by atoms with E-state index in [-0.39, 0.29) is 6.61 Å². The molecule has 118 valence electrons. The van der Waals surface area contributed by atoms with Crippen LogP contribution in [0.25, 0.3) is 22.0 Å². The van der Waals surface area contributed by atoms with E-state index in [0.29, 0.717) is 6.54 Å². The number of aliphatic hydroxyl groups is 1. The fraction of sp³-hybridized carbons (Fsp3) is 0.100. The van der Waals surface area contributed by atoms with Crippen molar-refractivity contribution in [2.75, 3.05) is 0 Å². The molecule has 0 fully saturated rings. The lowest BCUT2D eigenvalue weighted by atomic mass is 10.1. The number of fused-ring (bicyclic) bond motifs is 1. The molecule has 1 heterocycles. The summed E-state index contributed by atoms with van der Waals surface area (Å²) in [7, 11) is 0. The van der Waals surface area contributed by atoms with Crippen molar-refractivity contribution in [3.05, 3.63) is 84.1 Å². The zero-order chi connectivity index (χ0) is 16.4. The molecule has 0 amide bonds. The fourth-order valence-corrected chi connectivity index (χ4v) is 2.79. The number of hydrogen-bond donors (Lipinski definition) is 1. The van der Waals surface area contributed by atoms with Crippen molar-refractivity contribution in [3.8, 4) is 11.3 Å². The van der Waals surface area contributed by atoms with E-state index in [2.05, 4.69) is 40.6 Å². The average Bonchev–Trinajstić information content (AvgIpc) is 3.10. The standard InChI is InChI=1S/C20H17N3O/c24-14-16-7-5-15(6-8-16)12-23-13-20(21-22-23)19-10-9-17-3-1-2-4-18(17)11-19/h1-11,13,24H,12,14H2. The van der Waals surface area contributed by atoms with E-state index in [9.17, 15) is 0 Å². The van der Waals surface area contributed by atoms with E-state index in [1.165, 1.54) is 10.8 Å². The predicted octanol–water partition coefficient (Wildman–Crippen LogP) is 3.64. The van der Waals surface area contributed by atoms with Gasteiger partial charge in [0.15, 0.2) is 0 Å². The molecule has 0 atom stereocenters. The second-order valence-corrected chi connectivity index (χ2v) is 5.84. The van der Waals surface area contributed by atoms with E-state index in [4.69, 9.17) is 5.11 Å². The Morgan fingerprint density at radius 2 is 1.58 bits per heavy atom. The Morgan fingerprint density at radius 3 is 2.38 bits per heavy atom. The maximum atomic E-state index is 9.10. The Labute approximate surface area is 140 Å². The molecule has 4 heteroatoms. The summed E-state index contributed by atoms with van der Waals surface area (Å²) in [4.78, 5) is 0. The predicted molar refractivity (Wildman–Crippen MR) is 94.4 cm³/mol. The van der Waals surface area contributed by atoms with Crippen LogP contribution in [-0.4, -0.2) is 20.1 Å². The van der Waals surface area contributed by atoms with Gasteiger partial charge in [0.1, 0.15) is 5.69 Å². The fourth-order valence-electron chi connectivity index (χ4n) is 2.79. The number of aliphatic hydroxyl groups excluding tert-OH is 1. The first-order chi connectivity index (χ1) is 11.8. The normalized spacial score (nSPS) is 11.0. The first-order valence-corrected chi connectivity index (χ1v) is 7.90. The van der Waals surface area contributed by atoms with Gasteiger partial charge in [0.2, 0.25) is 0 Å². The third-order valence-electron chi connectivity index (χ3n) is 4.13. The van der Waals surface area contributed by atoms with Crippen molar-refractivity contribution in [3.63, 3.8) is 0 Å². The van der Waals surface area contributed by atoms with E-state index >= 15 is 0 Å². The summed E-state index contributed by atoms with van der Waals surface area (Å²) in [5.74, 6) is 0. The molecule has 4 rings (SSSR count). The molecule has 1 N–H and O–H groups in total. The molecule has 1 aromatic heterocycles. The summed E-state index contributed by atoms with van der Waals surface area (Å²) in [6.07, 6.45) is 1.96. The second kappa shape index (κ2) is 6.26. The van der Waals surface area contributed by atoms with E-state index < -0.39 is 0 Å². The summed E-state index contributed by atoms with van der Waals surface area (Å²) < 4.78 is 1.83. The van der Waals surface area contributed by atoms with Gasteiger partial charge in [0.25, 0.3) is 0 Å². The van der Waals surface area contributed by atoms with Crippen LogP contribution < -0.4 is 0 Å². The van der Waals surface area contributed by atoms with Gasteiger partial charge in [-0.2, -0.15) is 0 Å². The molecule has 4 aromatic rings. The quantitative estimate of drug-likeness (QED) is 0.625. The first-order valence-electron chi connectivity index (χ1n) is 7.90. The summed E-state index contributed by atoms with van der Waals surface area (Å²) in [5.41, 5.74) is 3.97. The maximum Gasteiger partial charge on any atom is 0.113 e. The van der Waals surface area contributed by atoms with Crippen LogP contribution in [0.3, 0.4) is 0 Å². The molecule has 0 radical (unpaired) electrons. The van der Waals surface area contributed by atoms with Crippen molar-refractivity contribution < 1.29 is 5.11 Å². The zero-order valence-electron chi connectivity index (χ0n) is 13.1. The molecule has 0 unspecified atom stereocenters. The smallest absolute Gasteiger partial charge is 0.113 e. The highest BCUT2D eigenvalue weighted by molar-refractivity contribution is 5.86. The van der Waals surface area contributed by atoms with Gasteiger partial charge in [-0.25, -0.2) is 4.68 Å². The van der Waals surface area contributed by atoms with Crippen LogP contribution in [0, 0.1) is 0 Å². The molecule has 3 aromatic carbocycles. The Kier molecular flexibility index (Phi) is 3.81. The number of nitrogens with zero attached hydrogens (tertiary/aromatic N) is 3. The molecule has 0 saturated heterocycles. The Balaban J connectivity index is 1.58. The number of rotatable bonds is 4. The monoisotopic (exact) mass is 315 g/mol. The lowest BCUT2D eigenvalue weighted by Gasteiger charge is -2.02. The van der Waals surface area contributed by atoms with Crippen LogP contribution in [0.15, 0.2) is 72.9 Å². The summed E-state index contributed by atoms with van der Waals surface area (Å²) in [6, 6.07) is 22.5. The van der Waals surface area contributed by atoms with E-state index in [1.807, 2.05) is 47.3 Å². The Bertz CT molecular complexity index is 974. The minimum absolute atomic E-state index is 0.0652. The molecule has 0 aliphatic carbocycles. The maximum absolute atomic E-state index is 9.10. The molecular formula is C20H17N3O. The summed E-state index contributed by atoms with van der Waals surface area (Å²) in [6.45, 7) is 0.724. The highest BCUT2D eigenvalue weighted by Gasteiger charge is 2.05. The third kappa shape index (κ3) is 2.92. The number of hydrogen-bond acceptors (Lipinski definition) is 3. The number of aromatic nitrogens is 3. The topological polar surface area (TPSA) is 50.9 Å². The van der Waals surface area contributed by atoms with Crippen LogP contribution >= 0.6 is 0 Å². The van der Waals surface area contributed by atoms with Crippen LogP contribution in [0.2, 0.25) is 0 Å². The van der Waals surface area contributed by atoms with E-state index in [0.717, 1.165) is 22.4 Å². The SMILES string of the molecule is OCc1ccc(Cn2cc(-c3ccc4ccccc4c3)nn2)cc1. The number of benzene rings is 3. The Morgan fingerprint density at radius 1 is 0.833 bits per heavy atom. The van der Waals surface area contributed by atoms with Crippen LogP contribution in [-0.2, 0) is 13.2 Å². The highest BCUT2D eigenvalue weighted by atomic mass is 16.3. The molecule has 0 saturated carbocycles. The molecule has 0 aliphatic rings. The lowest BCUT2D eigenvalue weighted by molar-refractivity contribution is 0.282. The van der Waals surface area contributed by atoms with Crippen molar-refractivity contribution in [2.24, 2.45) is 0 Å². The van der Waals surface area contributed by atoms with Gasteiger partial charge in [0, 0.05) is 5.56 Å². The van der Waals surface area contributed by atoms with Crippen molar-refractivity contribution in [2.45, 2.75) is 13.2 Å². The average molecular weight is 315 g/mol. The van der Waals surface area contributed by atoms with Crippen LogP contribution in [0.5, 0.6) is 0 Å². The highest BCUT2D eigenvalue weighted by Crippen LogP contribution is 2.22. The van der Waals surface area contributed by atoms with Gasteiger partial charge < -0.3 is 5.11 Å². The largest absolute Gasteiger partial charge is 0.392 e. The molecular weight excluding hydrogens is 298 g/mol. The van der Waals surface area contributed by atoms with Gasteiger partial charge in [-0.05, 0) is 28.0 Å². The molecule has 0 aliphatic heterocycles. The van der Waals surface area contributed by atoms with Crippen molar-refractivity contribution >= 4 is 10.8 Å². The van der Waals surface area contributed by atoms with Crippen LogP contribution in [0.1, 0.15) is 11.1 Å². The van der Waals surface area contributed by atoms with Gasteiger partial charge >= 0.3 is 0 Å². The lowest BCUT2D eigenvalue weighted by Crippen LogP contribution is -2.00.